The SMILES string of the molecule is N#Cc1ccccc1CSC1=NC2C=CSC2C(=O)N1Cc1ccc(C(=O)O)cc1. The highest BCUT2D eigenvalue weighted by Gasteiger charge is 2.39. The number of fused-ring (bicyclic) bond motifs is 1. The summed E-state index contributed by atoms with van der Waals surface area (Å²) in [5.41, 5.74) is 2.53. The Morgan fingerprint density at radius 1 is 1.23 bits per heavy atom. The fraction of sp³-hybridized carbons (Fsp3) is 0.182. The van der Waals surface area contributed by atoms with Crippen molar-refractivity contribution in [3.8, 4) is 6.07 Å². The summed E-state index contributed by atoms with van der Waals surface area (Å²) in [6.45, 7) is 0.314. The molecule has 6 nitrogen and oxygen atoms in total. The molecule has 2 aliphatic heterocycles. The van der Waals surface area contributed by atoms with Crippen molar-refractivity contribution in [1.82, 2.24) is 4.90 Å². The summed E-state index contributed by atoms with van der Waals surface area (Å²) < 4.78 is 0. The third kappa shape index (κ3) is 4.13. The Morgan fingerprint density at radius 2 is 2.00 bits per heavy atom. The molecule has 2 atom stereocenters. The number of benzene rings is 2. The van der Waals surface area contributed by atoms with Crippen LogP contribution < -0.4 is 0 Å². The Bertz CT molecular complexity index is 1090. The lowest BCUT2D eigenvalue weighted by Gasteiger charge is -2.32. The van der Waals surface area contributed by atoms with Crippen molar-refractivity contribution in [2.45, 2.75) is 23.6 Å². The van der Waals surface area contributed by atoms with Gasteiger partial charge in [-0.25, -0.2) is 4.79 Å². The van der Waals surface area contributed by atoms with E-state index in [4.69, 9.17) is 10.1 Å². The Kier molecular flexibility index (Phi) is 5.93. The lowest BCUT2D eigenvalue weighted by Crippen LogP contribution is -2.47. The molecule has 0 radical (unpaired) electrons. The van der Waals surface area contributed by atoms with E-state index in [2.05, 4.69) is 6.07 Å². The predicted molar refractivity (Wildman–Crippen MR) is 118 cm³/mol. The van der Waals surface area contributed by atoms with E-state index in [9.17, 15) is 14.9 Å². The molecule has 0 saturated heterocycles. The second kappa shape index (κ2) is 8.78. The molecule has 2 aromatic rings. The van der Waals surface area contributed by atoms with Gasteiger partial charge in [-0.2, -0.15) is 5.26 Å². The van der Waals surface area contributed by atoms with Crippen LogP contribution in [0.2, 0.25) is 0 Å². The quantitative estimate of drug-likeness (QED) is 0.766. The number of thioether (sulfide) groups is 2. The topological polar surface area (TPSA) is 93.8 Å². The molecule has 1 amide bonds. The number of nitrogens with zero attached hydrogens (tertiary/aromatic N) is 3. The van der Waals surface area contributed by atoms with Gasteiger partial charge in [-0.3, -0.25) is 14.7 Å². The van der Waals surface area contributed by atoms with Gasteiger partial charge in [0.15, 0.2) is 5.17 Å². The molecule has 0 bridgehead atoms. The standard InChI is InChI=1S/C22H17N3O3S2/c23-11-16-3-1-2-4-17(16)13-30-22-24-18-9-10-29-19(18)20(26)25(22)12-14-5-7-15(8-6-14)21(27)28/h1-10,18-19H,12-13H2,(H,27,28). The fourth-order valence-corrected chi connectivity index (χ4v) is 5.27. The first-order chi connectivity index (χ1) is 14.6. The largest absolute Gasteiger partial charge is 0.478 e. The van der Waals surface area contributed by atoms with Gasteiger partial charge in [0.2, 0.25) is 5.91 Å². The number of aliphatic imine (C=N–C) groups is 1. The molecule has 2 unspecified atom stereocenters. The van der Waals surface area contributed by atoms with Crippen molar-refractivity contribution < 1.29 is 14.7 Å². The zero-order valence-electron chi connectivity index (χ0n) is 15.8. The van der Waals surface area contributed by atoms with Gasteiger partial charge < -0.3 is 5.11 Å². The minimum Gasteiger partial charge on any atom is -0.478 e. The summed E-state index contributed by atoms with van der Waals surface area (Å²) in [6, 6.07) is 15.9. The molecular formula is C22H17N3O3S2. The summed E-state index contributed by atoms with van der Waals surface area (Å²) in [4.78, 5) is 30.7. The molecule has 1 N–H and O–H groups in total. The van der Waals surface area contributed by atoms with Crippen LogP contribution in [0.5, 0.6) is 0 Å². The maximum absolute atomic E-state index is 13.2. The number of carboxylic acid groups (broad SMARTS) is 1. The van der Waals surface area contributed by atoms with E-state index in [1.54, 1.807) is 23.1 Å². The van der Waals surface area contributed by atoms with Crippen LogP contribution in [0.25, 0.3) is 0 Å². The van der Waals surface area contributed by atoms with Gasteiger partial charge in [-0.15, -0.1) is 11.8 Å². The molecule has 30 heavy (non-hydrogen) atoms. The first-order valence-corrected chi connectivity index (χ1v) is 11.1. The van der Waals surface area contributed by atoms with Gasteiger partial charge in [0.25, 0.3) is 0 Å². The van der Waals surface area contributed by atoms with E-state index >= 15 is 0 Å². The summed E-state index contributed by atoms with van der Waals surface area (Å²) >= 11 is 2.90. The number of amides is 1. The van der Waals surface area contributed by atoms with Crippen molar-refractivity contribution in [2.24, 2.45) is 4.99 Å². The van der Waals surface area contributed by atoms with Crippen LogP contribution in [0, 0.1) is 11.3 Å². The third-order valence-corrected chi connectivity index (χ3v) is 6.97. The fourth-order valence-electron chi connectivity index (χ4n) is 3.25. The lowest BCUT2D eigenvalue weighted by molar-refractivity contribution is -0.127. The van der Waals surface area contributed by atoms with Gasteiger partial charge >= 0.3 is 5.97 Å². The Hall–Kier alpha value is -3.02. The number of carboxylic acids is 1. The summed E-state index contributed by atoms with van der Waals surface area (Å²) in [6.07, 6.45) is 1.94. The van der Waals surface area contributed by atoms with Crippen LogP contribution in [-0.4, -0.2) is 38.3 Å². The van der Waals surface area contributed by atoms with Crippen molar-refractivity contribution in [3.63, 3.8) is 0 Å². The molecule has 8 heteroatoms. The number of amidine groups is 1. The van der Waals surface area contributed by atoms with Crippen LogP contribution in [0.1, 0.15) is 27.0 Å². The first-order valence-electron chi connectivity index (χ1n) is 9.21. The smallest absolute Gasteiger partial charge is 0.335 e. The molecule has 2 aromatic carbocycles. The highest BCUT2D eigenvalue weighted by Crippen LogP contribution is 2.35. The molecule has 150 valence electrons. The van der Waals surface area contributed by atoms with Gasteiger partial charge in [0.1, 0.15) is 5.25 Å². The molecule has 0 spiro atoms. The maximum Gasteiger partial charge on any atom is 0.335 e. The highest BCUT2D eigenvalue weighted by atomic mass is 32.2. The molecule has 0 fully saturated rings. The normalized spacial score (nSPS) is 19.9. The van der Waals surface area contributed by atoms with Crippen LogP contribution in [0.3, 0.4) is 0 Å². The summed E-state index contributed by atoms with van der Waals surface area (Å²) in [5, 5.41) is 20.7. The second-order valence-corrected chi connectivity index (χ2v) is 8.77. The van der Waals surface area contributed by atoms with E-state index in [1.165, 1.54) is 35.7 Å². The second-order valence-electron chi connectivity index (χ2n) is 6.77. The molecule has 4 rings (SSSR count). The lowest BCUT2D eigenvalue weighted by atomic mass is 10.1. The average molecular weight is 436 g/mol. The first kappa shape index (κ1) is 20.3. The number of hydrogen-bond donors (Lipinski definition) is 1. The van der Waals surface area contributed by atoms with Crippen molar-refractivity contribution in [2.75, 3.05) is 0 Å². The van der Waals surface area contributed by atoms with E-state index in [1.807, 2.05) is 29.7 Å². The van der Waals surface area contributed by atoms with Crippen molar-refractivity contribution >= 4 is 40.6 Å². The zero-order valence-corrected chi connectivity index (χ0v) is 17.4. The van der Waals surface area contributed by atoms with Crippen LogP contribution in [0.4, 0.5) is 0 Å². The van der Waals surface area contributed by atoms with Crippen LogP contribution in [0.15, 0.2) is 65.0 Å². The van der Waals surface area contributed by atoms with E-state index < -0.39 is 5.97 Å². The number of carbonyl (C=O) groups is 2. The van der Waals surface area contributed by atoms with Crippen molar-refractivity contribution in [1.29, 1.82) is 5.26 Å². The third-order valence-electron chi connectivity index (χ3n) is 4.85. The molecule has 2 heterocycles. The maximum atomic E-state index is 13.2. The van der Waals surface area contributed by atoms with Gasteiger partial charge in [-0.1, -0.05) is 48.2 Å². The van der Waals surface area contributed by atoms with E-state index in [0.717, 1.165) is 11.1 Å². The molecule has 2 aliphatic rings. The number of carbonyl (C=O) groups excluding carboxylic acids is 1. The molecule has 0 aromatic heterocycles. The van der Waals surface area contributed by atoms with Crippen molar-refractivity contribution in [3.05, 3.63) is 82.3 Å². The van der Waals surface area contributed by atoms with E-state index in [-0.39, 0.29) is 22.8 Å². The van der Waals surface area contributed by atoms with Crippen LogP contribution >= 0.6 is 23.5 Å². The molecule has 0 aliphatic carbocycles. The average Bonchev–Trinajstić information content (AvgIpc) is 3.24. The van der Waals surface area contributed by atoms with Gasteiger partial charge in [0.05, 0.1) is 29.8 Å². The molecular weight excluding hydrogens is 418 g/mol. The summed E-state index contributed by atoms with van der Waals surface area (Å²) in [7, 11) is 0. The number of hydrogen-bond acceptors (Lipinski definition) is 6. The number of nitriles is 1. The minimum atomic E-state index is -0.985. The highest BCUT2D eigenvalue weighted by molar-refractivity contribution is 8.13. The predicted octanol–water partition coefficient (Wildman–Crippen LogP) is 3.89. The van der Waals surface area contributed by atoms with Gasteiger partial charge in [-0.05, 0) is 34.7 Å². The number of aromatic carboxylic acids is 1. The zero-order chi connectivity index (χ0) is 21.1. The van der Waals surface area contributed by atoms with E-state index in [0.29, 0.717) is 23.0 Å². The van der Waals surface area contributed by atoms with Crippen LogP contribution in [-0.2, 0) is 17.1 Å². The Balaban J connectivity index is 1.58. The molecule has 0 saturated carbocycles. The minimum absolute atomic E-state index is 0.0108. The number of rotatable bonds is 5. The summed E-state index contributed by atoms with van der Waals surface area (Å²) in [5.74, 6) is -0.470. The Morgan fingerprint density at radius 3 is 2.73 bits per heavy atom. The van der Waals surface area contributed by atoms with Gasteiger partial charge in [0, 0.05) is 5.75 Å². The Labute approximate surface area is 182 Å². The monoisotopic (exact) mass is 435 g/mol.